The standard InChI is InChI=1S/C22H32N4O2S.HI/c1-3-23-22(26-12-10-20(11-13-26)28-15-7-14-27-2)24-16-19-17-29-21(25-19)18-8-5-4-6-9-18;/h4-6,8-9,17,20H,3,7,10-16H2,1-2H3,(H,23,24);1H. The van der Waals surface area contributed by atoms with E-state index in [0.29, 0.717) is 12.6 Å². The summed E-state index contributed by atoms with van der Waals surface area (Å²) in [5.41, 5.74) is 2.17. The quantitative estimate of drug-likeness (QED) is 0.219. The van der Waals surface area contributed by atoms with Gasteiger partial charge in [0.25, 0.3) is 0 Å². The second-order valence-electron chi connectivity index (χ2n) is 7.08. The van der Waals surface area contributed by atoms with Gasteiger partial charge in [-0.05, 0) is 26.2 Å². The van der Waals surface area contributed by atoms with E-state index >= 15 is 0 Å². The highest BCUT2D eigenvalue weighted by atomic mass is 127. The zero-order valence-electron chi connectivity index (χ0n) is 17.9. The Bertz CT molecular complexity index is 749. The number of rotatable bonds is 9. The van der Waals surface area contributed by atoms with Gasteiger partial charge in [-0.25, -0.2) is 9.98 Å². The molecule has 6 nitrogen and oxygen atoms in total. The van der Waals surface area contributed by atoms with E-state index in [-0.39, 0.29) is 24.0 Å². The molecule has 1 saturated heterocycles. The molecule has 3 rings (SSSR count). The summed E-state index contributed by atoms with van der Waals surface area (Å²) in [5.74, 6) is 0.972. The zero-order valence-corrected chi connectivity index (χ0v) is 21.0. The van der Waals surface area contributed by atoms with Gasteiger partial charge in [-0.2, -0.15) is 0 Å². The van der Waals surface area contributed by atoms with Gasteiger partial charge in [0, 0.05) is 50.9 Å². The Hall–Kier alpha value is -1.23. The molecule has 1 aromatic heterocycles. The molecule has 0 unspecified atom stereocenters. The third-order valence-electron chi connectivity index (χ3n) is 4.89. The third kappa shape index (κ3) is 7.79. The van der Waals surface area contributed by atoms with Crippen LogP contribution in [0.3, 0.4) is 0 Å². The Morgan fingerprint density at radius 3 is 2.70 bits per heavy atom. The molecular formula is C22H33IN4O2S. The number of aliphatic imine (C=N–C) groups is 1. The normalized spacial score (nSPS) is 15.1. The van der Waals surface area contributed by atoms with Crippen LogP contribution in [-0.4, -0.2) is 61.9 Å². The number of nitrogens with zero attached hydrogens (tertiary/aromatic N) is 3. The van der Waals surface area contributed by atoms with Gasteiger partial charge in [-0.1, -0.05) is 30.3 Å². The molecule has 1 aliphatic heterocycles. The van der Waals surface area contributed by atoms with Crippen LogP contribution in [0.15, 0.2) is 40.7 Å². The summed E-state index contributed by atoms with van der Waals surface area (Å²) in [4.78, 5) is 11.9. The second kappa shape index (κ2) is 14.0. The highest BCUT2D eigenvalue weighted by molar-refractivity contribution is 14.0. The van der Waals surface area contributed by atoms with Gasteiger partial charge in [0.1, 0.15) is 5.01 Å². The molecule has 2 aromatic rings. The first-order valence-electron chi connectivity index (χ1n) is 10.4. The lowest BCUT2D eigenvalue weighted by Crippen LogP contribution is -2.47. The molecule has 0 atom stereocenters. The Balaban J connectivity index is 0.00000320. The van der Waals surface area contributed by atoms with Crippen LogP contribution in [0.2, 0.25) is 0 Å². The van der Waals surface area contributed by atoms with E-state index in [0.717, 1.165) is 74.3 Å². The molecule has 1 fully saturated rings. The first kappa shape index (κ1) is 25.0. The summed E-state index contributed by atoms with van der Waals surface area (Å²) < 4.78 is 11.1. The molecule has 1 aliphatic rings. The van der Waals surface area contributed by atoms with Crippen molar-refractivity contribution in [2.24, 2.45) is 4.99 Å². The van der Waals surface area contributed by atoms with Gasteiger partial charge in [0.15, 0.2) is 5.96 Å². The average Bonchev–Trinajstić information content (AvgIpc) is 3.24. The molecule has 2 heterocycles. The Morgan fingerprint density at radius 1 is 1.23 bits per heavy atom. The first-order valence-corrected chi connectivity index (χ1v) is 11.3. The molecule has 0 saturated carbocycles. The molecule has 0 radical (unpaired) electrons. The van der Waals surface area contributed by atoms with Crippen molar-refractivity contribution in [3.05, 3.63) is 41.4 Å². The minimum Gasteiger partial charge on any atom is -0.385 e. The van der Waals surface area contributed by atoms with Crippen molar-refractivity contribution < 1.29 is 9.47 Å². The molecule has 0 spiro atoms. The number of ether oxygens (including phenoxy) is 2. The molecule has 1 N–H and O–H groups in total. The lowest BCUT2D eigenvalue weighted by Gasteiger charge is -2.34. The molecule has 0 aliphatic carbocycles. The molecule has 0 amide bonds. The number of hydrogen-bond acceptors (Lipinski definition) is 5. The maximum Gasteiger partial charge on any atom is 0.194 e. The molecule has 8 heteroatoms. The monoisotopic (exact) mass is 544 g/mol. The topological polar surface area (TPSA) is 59.0 Å². The molecule has 1 aromatic carbocycles. The fraction of sp³-hybridized carbons (Fsp3) is 0.545. The van der Waals surface area contributed by atoms with Crippen molar-refractivity contribution in [2.75, 3.05) is 40.0 Å². The van der Waals surface area contributed by atoms with E-state index in [1.807, 2.05) is 18.2 Å². The highest BCUT2D eigenvalue weighted by Gasteiger charge is 2.21. The van der Waals surface area contributed by atoms with Crippen molar-refractivity contribution in [3.63, 3.8) is 0 Å². The number of hydrogen-bond donors (Lipinski definition) is 1. The summed E-state index contributed by atoms with van der Waals surface area (Å²) >= 11 is 1.67. The zero-order chi connectivity index (χ0) is 20.3. The lowest BCUT2D eigenvalue weighted by molar-refractivity contribution is 0.00990. The number of benzene rings is 1. The van der Waals surface area contributed by atoms with Crippen LogP contribution >= 0.6 is 35.3 Å². The van der Waals surface area contributed by atoms with E-state index in [2.05, 4.69) is 34.7 Å². The van der Waals surface area contributed by atoms with Gasteiger partial charge < -0.3 is 19.7 Å². The summed E-state index contributed by atoms with van der Waals surface area (Å²) in [6, 6.07) is 10.3. The van der Waals surface area contributed by atoms with E-state index < -0.39 is 0 Å². The van der Waals surface area contributed by atoms with Gasteiger partial charge in [-0.15, -0.1) is 35.3 Å². The SMILES string of the molecule is CCNC(=NCc1csc(-c2ccccc2)n1)N1CCC(OCCCOC)CC1.I. The minimum absolute atomic E-state index is 0. The van der Waals surface area contributed by atoms with E-state index in [1.165, 1.54) is 0 Å². The van der Waals surface area contributed by atoms with Crippen molar-refractivity contribution in [3.8, 4) is 10.6 Å². The summed E-state index contributed by atoms with van der Waals surface area (Å²) in [5, 5.41) is 6.59. The van der Waals surface area contributed by atoms with Crippen LogP contribution in [-0.2, 0) is 16.0 Å². The number of likely N-dealkylation sites (tertiary alicyclic amines) is 1. The van der Waals surface area contributed by atoms with Crippen LogP contribution in [0.4, 0.5) is 0 Å². The lowest BCUT2D eigenvalue weighted by atomic mass is 10.1. The fourth-order valence-electron chi connectivity index (χ4n) is 3.36. The largest absolute Gasteiger partial charge is 0.385 e. The molecule has 0 bridgehead atoms. The van der Waals surface area contributed by atoms with Crippen LogP contribution in [0.1, 0.15) is 31.9 Å². The van der Waals surface area contributed by atoms with Gasteiger partial charge in [-0.3, -0.25) is 0 Å². The predicted molar refractivity (Wildman–Crippen MR) is 135 cm³/mol. The Kier molecular flexibility index (Phi) is 11.6. The number of piperidine rings is 1. The number of halogens is 1. The molecular weight excluding hydrogens is 511 g/mol. The summed E-state index contributed by atoms with van der Waals surface area (Å²) in [6.45, 7) is 7.04. The Labute approximate surface area is 201 Å². The van der Waals surface area contributed by atoms with Crippen molar-refractivity contribution in [1.82, 2.24) is 15.2 Å². The average molecular weight is 545 g/mol. The van der Waals surface area contributed by atoms with Crippen LogP contribution in [0.5, 0.6) is 0 Å². The molecule has 166 valence electrons. The van der Waals surface area contributed by atoms with Crippen molar-refractivity contribution >= 4 is 41.3 Å². The van der Waals surface area contributed by atoms with Crippen LogP contribution in [0, 0.1) is 0 Å². The van der Waals surface area contributed by atoms with Gasteiger partial charge >= 0.3 is 0 Å². The van der Waals surface area contributed by atoms with Crippen molar-refractivity contribution in [2.45, 2.75) is 38.8 Å². The predicted octanol–water partition coefficient (Wildman–Crippen LogP) is 4.41. The summed E-state index contributed by atoms with van der Waals surface area (Å²) in [6.07, 6.45) is 3.37. The van der Waals surface area contributed by atoms with Crippen molar-refractivity contribution in [1.29, 1.82) is 0 Å². The molecule has 30 heavy (non-hydrogen) atoms. The third-order valence-corrected chi connectivity index (χ3v) is 5.83. The number of thiazole rings is 1. The summed E-state index contributed by atoms with van der Waals surface area (Å²) in [7, 11) is 1.73. The van der Waals surface area contributed by atoms with Crippen LogP contribution < -0.4 is 5.32 Å². The minimum atomic E-state index is 0. The first-order chi connectivity index (χ1) is 14.3. The van der Waals surface area contributed by atoms with E-state index in [9.17, 15) is 0 Å². The maximum absolute atomic E-state index is 5.97. The smallest absolute Gasteiger partial charge is 0.194 e. The number of nitrogens with one attached hydrogen (secondary N) is 1. The fourth-order valence-corrected chi connectivity index (χ4v) is 4.18. The number of aromatic nitrogens is 1. The highest BCUT2D eigenvalue weighted by Crippen LogP contribution is 2.23. The van der Waals surface area contributed by atoms with Gasteiger partial charge in [0.2, 0.25) is 0 Å². The maximum atomic E-state index is 5.97. The van der Waals surface area contributed by atoms with E-state index in [4.69, 9.17) is 19.5 Å². The Morgan fingerprint density at radius 2 is 2.00 bits per heavy atom. The van der Waals surface area contributed by atoms with Crippen LogP contribution in [0.25, 0.3) is 10.6 Å². The number of guanidine groups is 1. The van der Waals surface area contributed by atoms with E-state index in [1.54, 1.807) is 18.4 Å². The number of methoxy groups -OCH3 is 1. The van der Waals surface area contributed by atoms with Gasteiger partial charge in [0.05, 0.1) is 18.3 Å². The second-order valence-corrected chi connectivity index (χ2v) is 7.94.